The summed E-state index contributed by atoms with van der Waals surface area (Å²) in [4.78, 5) is 0. The largest absolute Gasteiger partial charge is 0.271 e. The maximum Gasteiger partial charge on any atom is 0.0377 e. The summed E-state index contributed by atoms with van der Waals surface area (Å²) >= 11 is 4.16. The average Bonchev–Trinajstić information content (AvgIpc) is 2.40. The van der Waals surface area contributed by atoms with E-state index < -0.39 is 0 Å². The Morgan fingerprint density at radius 3 is 2.61 bits per heavy atom. The van der Waals surface area contributed by atoms with Gasteiger partial charge in [-0.25, -0.2) is 0 Å². The molecule has 0 saturated carbocycles. The third-order valence-electron chi connectivity index (χ3n) is 3.54. The molecule has 1 fully saturated rings. The molecular weight excluding hydrogens is 260 g/mol. The minimum atomic E-state index is 0.361. The standard InChI is InChI=1S/C14H22N2S2/c1-10-11(2)18-14(9-17-10)13(16-15)8-12-6-4-3-5-7-12/h3-7,10-11,13-14,16H,8-9,15H2,1-2H3. The zero-order valence-electron chi connectivity index (χ0n) is 11.0. The minimum Gasteiger partial charge on any atom is -0.271 e. The Morgan fingerprint density at radius 2 is 2.00 bits per heavy atom. The molecule has 0 spiro atoms. The lowest BCUT2D eigenvalue weighted by molar-refractivity contribution is 0.521. The number of rotatable bonds is 4. The first-order valence-electron chi connectivity index (χ1n) is 6.48. The summed E-state index contributed by atoms with van der Waals surface area (Å²) in [6.45, 7) is 4.64. The third-order valence-corrected chi connectivity index (χ3v) is 7.09. The molecule has 1 aromatic rings. The molecule has 2 rings (SSSR count). The van der Waals surface area contributed by atoms with Crippen LogP contribution in [-0.2, 0) is 6.42 Å². The number of nitrogens with one attached hydrogen (secondary N) is 1. The van der Waals surface area contributed by atoms with Crippen molar-refractivity contribution >= 4 is 23.5 Å². The Hall–Kier alpha value is -0.160. The van der Waals surface area contributed by atoms with Crippen molar-refractivity contribution in [2.24, 2.45) is 5.84 Å². The van der Waals surface area contributed by atoms with Crippen LogP contribution in [0.3, 0.4) is 0 Å². The Labute approximate surface area is 118 Å². The van der Waals surface area contributed by atoms with Crippen molar-refractivity contribution in [3.63, 3.8) is 0 Å². The van der Waals surface area contributed by atoms with Gasteiger partial charge < -0.3 is 0 Å². The molecule has 0 bridgehead atoms. The van der Waals surface area contributed by atoms with E-state index in [4.69, 9.17) is 5.84 Å². The fraction of sp³-hybridized carbons (Fsp3) is 0.571. The van der Waals surface area contributed by atoms with Crippen molar-refractivity contribution in [1.29, 1.82) is 0 Å². The Kier molecular flexibility index (Phi) is 5.42. The molecule has 2 nitrogen and oxygen atoms in total. The number of nitrogens with two attached hydrogens (primary N) is 1. The van der Waals surface area contributed by atoms with Crippen molar-refractivity contribution in [2.45, 2.75) is 42.1 Å². The number of hydrogen-bond acceptors (Lipinski definition) is 4. The van der Waals surface area contributed by atoms with Crippen LogP contribution in [0.4, 0.5) is 0 Å². The summed E-state index contributed by atoms with van der Waals surface area (Å²) in [5.41, 5.74) is 4.38. The van der Waals surface area contributed by atoms with Gasteiger partial charge in [-0.05, 0) is 12.0 Å². The van der Waals surface area contributed by atoms with Gasteiger partial charge in [0.15, 0.2) is 0 Å². The van der Waals surface area contributed by atoms with Crippen LogP contribution in [0.1, 0.15) is 19.4 Å². The van der Waals surface area contributed by atoms with E-state index in [1.165, 1.54) is 11.3 Å². The number of hydrazine groups is 1. The summed E-state index contributed by atoms with van der Waals surface area (Å²) in [7, 11) is 0. The Balaban J connectivity index is 1.97. The lowest BCUT2D eigenvalue weighted by Gasteiger charge is -2.35. The highest BCUT2D eigenvalue weighted by Crippen LogP contribution is 2.37. The first-order valence-corrected chi connectivity index (χ1v) is 8.47. The van der Waals surface area contributed by atoms with Crippen molar-refractivity contribution < 1.29 is 0 Å². The van der Waals surface area contributed by atoms with Gasteiger partial charge >= 0.3 is 0 Å². The fourth-order valence-corrected chi connectivity index (χ4v) is 5.30. The average molecular weight is 282 g/mol. The minimum absolute atomic E-state index is 0.361. The predicted molar refractivity (Wildman–Crippen MR) is 84.0 cm³/mol. The highest BCUT2D eigenvalue weighted by molar-refractivity contribution is 8.07. The molecule has 4 heteroatoms. The molecule has 0 amide bonds. The van der Waals surface area contributed by atoms with Gasteiger partial charge in [-0.2, -0.15) is 23.5 Å². The maximum absolute atomic E-state index is 5.76. The molecule has 1 aliphatic heterocycles. The van der Waals surface area contributed by atoms with E-state index in [1.807, 2.05) is 0 Å². The van der Waals surface area contributed by atoms with Crippen molar-refractivity contribution in [1.82, 2.24) is 5.43 Å². The molecule has 1 aromatic carbocycles. The van der Waals surface area contributed by atoms with Crippen molar-refractivity contribution in [3.05, 3.63) is 35.9 Å². The van der Waals surface area contributed by atoms with E-state index in [1.54, 1.807) is 0 Å². The highest BCUT2D eigenvalue weighted by Gasteiger charge is 2.30. The van der Waals surface area contributed by atoms with E-state index in [9.17, 15) is 0 Å². The molecule has 100 valence electrons. The number of benzene rings is 1. The highest BCUT2D eigenvalue weighted by atomic mass is 32.2. The van der Waals surface area contributed by atoms with E-state index in [0.717, 1.165) is 11.7 Å². The van der Waals surface area contributed by atoms with Crippen LogP contribution in [0.2, 0.25) is 0 Å². The van der Waals surface area contributed by atoms with Crippen LogP contribution in [0.25, 0.3) is 0 Å². The zero-order chi connectivity index (χ0) is 13.0. The zero-order valence-corrected chi connectivity index (χ0v) is 12.6. The molecule has 0 aromatic heterocycles. The molecule has 1 aliphatic rings. The summed E-state index contributed by atoms with van der Waals surface area (Å²) in [6.07, 6.45) is 1.01. The van der Waals surface area contributed by atoms with E-state index >= 15 is 0 Å². The summed E-state index contributed by atoms with van der Waals surface area (Å²) in [6, 6.07) is 11.0. The van der Waals surface area contributed by atoms with Crippen LogP contribution in [0.15, 0.2) is 30.3 Å². The van der Waals surface area contributed by atoms with Gasteiger partial charge in [-0.15, -0.1) is 0 Å². The van der Waals surface area contributed by atoms with Crippen LogP contribution >= 0.6 is 23.5 Å². The first-order chi connectivity index (χ1) is 8.70. The van der Waals surface area contributed by atoms with Crippen molar-refractivity contribution in [2.75, 3.05) is 5.75 Å². The molecule has 1 heterocycles. The monoisotopic (exact) mass is 282 g/mol. The van der Waals surface area contributed by atoms with Crippen LogP contribution < -0.4 is 11.3 Å². The third kappa shape index (κ3) is 3.67. The molecule has 0 radical (unpaired) electrons. The van der Waals surface area contributed by atoms with Gasteiger partial charge in [0.25, 0.3) is 0 Å². The molecule has 0 aliphatic carbocycles. The van der Waals surface area contributed by atoms with Crippen LogP contribution in [0.5, 0.6) is 0 Å². The molecule has 4 atom stereocenters. The second-order valence-corrected chi connectivity index (χ2v) is 7.91. The van der Waals surface area contributed by atoms with E-state index in [0.29, 0.717) is 16.5 Å². The molecule has 18 heavy (non-hydrogen) atoms. The van der Waals surface area contributed by atoms with Gasteiger partial charge in [0.05, 0.1) is 0 Å². The predicted octanol–water partition coefficient (Wildman–Crippen LogP) is 2.69. The molecule has 3 N–H and O–H groups in total. The quantitative estimate of drug-likeness (QED) is 0.658. The van der Waals surface area contributed by atoms with E-state index in [2.05, 4.69) is 73.1 Å². The van der Waals surface area contributed by atoms with Crippen molar-refractivity contribution in [3.8, 4) is 0 Å². The Bertz CT molecular complexity index is 358. The summed E-state index contributed by atoms with van der Waals surface area (Å²) in [5, 5.41) is 2.06. The van der Waals surface area contributed by atoms with Gasteiger partial charge in [0.1, 0.15) is 0 Å². The Morgan fingerprint density at radius 1 is 1.28 bits per heavy atom. The normalized spacial score (nSPS) is 30.1. The first kappa shape index (κ1) is 14.3. The fourth-order valence-electron chi connectivity index (χ4n) is 2.18. The molecule has 1 saturated heterocycles. The van der Waals surface area contributed by atoms with E-state index in [-0.39, 0.29) is 0 Å². The number of hydrogen-bond donors (Lipinski definition) is 2. The van der Waals surface area contributed by atoms with Crippen LogP contribution in [-0.4, -0.2) is 27.5 Å². The smallest absolute Gasteiger partial charge is 0.0377 e. The van der Waals surface area contributed by atoms with Gasteiger partial charge in [-0.1, -0.05) is 44.2 Å². The summed E-state index contributed by atoms with van der Waals surface area (Å²) in [5.74, 6) is 6.95. The van der Waals surface area contributed by atoms with Crippen LogP contribution in [0, 0.1) is 0 Å². The lowest BCUT2D eigenvalue weighted by atomic mass is 10.0. The maximum atomic E-state index is 5.76. The lowest BCUT2D eigenvalue weighted by Crippen LogP contribution is -2.47. The second-order valence-electron chi connectivity index (χ2n) is 4.88. The summed E-state index contributed by atoms with van der Waals surface area (Å²) < 4.78 is 0. The van der Waals surface area contributed by atoms with Gasteiger partial charge in [0, 0.05) is 27.5 Å². The van der Waals surface area contributed by atoms with Gasteiger partial charge in [-0.3, -0.25) is 11.3 Å². The molecular formula is C14H22N2S2. The SMILES string of the molecule is CC1SCC(C(Cc2ccccc2)NN)SC1C. The second kappa shape index (κ2) is 6.85. The number of thioether (sulfide) groups is 2. The van der Waals surface area contributed by atoms with Gasteiger partial charge in [0.2, 0.25) is 0 Å². The topological polar surface area (TPSA) is 38.0 Å². The molecule has 4 unspecified atom stereocenters.